The molecule has 0 saturated carbocycles. The molecule has 1 fully saturated rings. The van der Waals surface area contributed by atoms with Crippen molar-refractivity contribution >= 4 is 5.91 Å². The summed E-state index contributed by atoms with van der Waals surface area (Å²) in [4.78, 5) is 14.5. The number of hydrogen-bond acceptors (Lipinski definition) is 4. The molecule has 2 aromatic carbocycles. The second-order valence-electron chi connectivity index (χ2n) is 6.63. The SMILES string of the molecule is COc1cccc(OCc2ccc(C(=O)N3C[C@H](C)O[C@@H](C)C3)cc2)c1. The number of benzene rings is 2. The van der Waals surface area contributed by atoms with Gasteiger partial charge in [-0.05, 0) is 43.7 Å². The van der Waals surface area contributed by atoms with Gasteiger partial charge in [-0.25, -0.2) is 0 Å². The van der Waals surface area contributed by atoms with Gasteiger partial charge in [0.05, 0.1) is 19.3 Å². The monoisotopic (exact) mass is 355 g/mol. The minimum Gasteiger partial charge on any atom is -0.497 e. The van der Waals surface area contributed by atoms with Gasteiger partial charge in [0.1, 0.15) is 18.1 Å². The quantitative estimate of drug-likeness (QED) is 0.823. The fourth-order valence-corrected chi connectivity index (χ4v) is 3.13. The second-order valence-corrected chi connectivity index (χ2v) is 6.63. The molecule has 3 rings (SSSR count). The number of morpholine rings is 1. The number of carbonyl (C=O) groups excluding carboxylic acids is 1. The molecule has 0 radical (unpaired) electrons. The van der Waals surface area contributed by atoms with Crippen molar-refractivity contribution in [3.05, 3.63) is 59.7 Å². The van der Waals surface area contributed by atoms with Gasteiger partial charge in [-0.2, -0.15) is 0 Å². The molecule has 0 aromatic heterocycles. The summed E-state index contributed by atoms with van der Waals surface area (Å²) < 4.78 is 16.7. The smallest absolute Gasteiger partial charge is 0.254 e. The van der Waals surface area contributed by atoms with Crippen LogP contribution in [0, 0.1) is 0 Å². The second kappa shape index (κ2) is 8.23. The average molecular weight is 355 g/mol. The summed E-state index contributed by atoms with van der Waals surface area (Å²) >= 11 is 0. The standard InChI is InChI=1S/C21H25NO4/c1-15-12-22(13-16(2)26-15)21(23)18-9-7-17(8-10-18)14-25-20-6-4-5-19(11-20)24-3/h4-11,15-16H,12-14H2,1-3H3/t15-,16-/m0/s1. The number of ether oxygens (including phenoxy) is 3. The topological polar surface area (TPSA) is 48.0 Å². The predicted octanol–water partition coefficient (Wildman–Crippen LogP) is 3.52. The highest BCUT2D eigenvalue weighted by Gasteiger charge is 2.26. The molecule has 1 aliphatic rings. The largest absolute Gasteiger partial charge is 0.497 e. The van der Waals surface area contributed by atoms with E-state index in [4.69, 9.17) is 14.2 Å². The van der Waals surface area contributed by atoms with Crippen molar-refractivity contribution in [1.29, 1.82) is 0 Å². The molecule has 1 amide bonds. The molecule has 138 valence electrons. The maximum atomic E-state index is 12.7. The van der Waals surface area contributed by atoms with E-state index < -0.39 is 0 Å². The van der Waals surface area contributed by atoms with Crippen molar-refractivity contribution in [2.24, 2.45) is 0 Å². The molecule has 0 spiro atoms. The summed E-state index contributed by atoms with van der Waals surface area (Å²) in [6.07, 6.45) is 0.136. The lowest BCUT2D eigenvalue weighted by molar-refractivity contribution is -0.0586. The van der Waals surface area contributed by atoms with Crippen LogP contribution in [0.4, 0.5) is 0 Å². The van der Waals surface area contributed by atoms with Crippen LogP contribution in [0.5, 0.6) is 11.5 Å². The minimum absolute atomic E-state index is 0.0484. The van der Waals surface area contributed by atoms with E-state index in [-0.39, 0.29) is 18.1 Å². The van der Waals surface area contributed by atoms with Gasteiger partial charge in [-0.1, -0.05) is 18.2 Å². The van der Waals surface area contributed by atoms with Crippen LogP contribution in [0.15, 0.2) is 48.5 Å². The Morgan fingerprint density at radius 1 is 1.08 bits per heavy atom. The maximum absolute atomic E-state index is 12.7. The van der Waals surface area contributed by atoms with Crippen LogP contribution >= 0.6 is 0 Å². The number of nitrogens with zero attached hydrogens (tertiary/aromatic N) is 1. The third-order valence-electron chi connectivity index (χ3n) is 4.35. The van der Waals surface area contributed by atoms with E-state index in [0.717, 1.165) is 17.1 Å². The molecule has 26 heavy (non-hydrogen) atoms. The Balaban J connectivity index is 1.60. The zero-order valence-corrected chi connectivity index (χ0v) is 15.5. The molecule has 1 heterocycles. The zero-order chi connectivity index (χ0) is 18.5. The lowest BCUT2D eigenvalue weighted by Gasteiger charge is -2.35. The van der Waals surface area contributed by atoms with Crippen LogP contribution in [0.3, 0.4) is 0 Å². The van der Waals surface area contributed by atoms with E-state index in [1.165, 1.54) is 0 Å². The summed E-state index contributed by atoms with van der Waals surface area (Å²) in [6, 6.07) is 15.1. The summed E-state index contributed by atoms with van der Waals surface area (Å²) in [5.41, 5.74) is 1.70. The number of carbonyl (C=O) groups is 1. The number of hydrogen-bond donors (Lipinski definition) is 0. The lowest BCUT2D eigenvalue weighted by atomic mass is 10.1. The van der Waals surface area contributed by atoms with Gasteiger partial charge in [0.25, 0.3) is 5.91 Å². The first-order valence-corrected chi connectivity index (χ1v) is 8.85. The van der Waals surface area contributed by atoms with E-state index in [0.29, 0.717) is 25.3 Å². The Kier molecular flexibility index (Phi) is 5.78. The highest BCUT2D eigenvalue weighted by molar-refractivity contribution is 5.94. The molecule has 1 saturated heterocycles. The van der Waals surface area contributed by atoms with Crippen LogP contribution in [-0.4, -0.2) is 43.2 Å². The molecule has 0 bridgehead atoms. The van der Waals surface area contributed by atoms with Gasteiger partial charge < -0.3 is 19.1 Å². The molecular formula is C21H25NO4. The fraction of sp³-hybridized carbons (Fsp3) is 0.381. The molecule has 5 heteroatoms. The van der Waals surface area contributed by atoms with E-state index in [1.807, 2.05) is 67.3 Å². The minimum atomic E-state index is 0.0484. The molecule has 0 unspecified atom stereocenters. The molecule has 2 atom stereocenters. The zero-order valence-electron chi connectivity index (χ0n) is 15.5. The normalized spacial score (nSPS) is 19.9. The molecule has 0 N–H and O–H groups in total. The van der Waals surface area contributed by atoms with Crippen LogP contribution in [0.1, 0.15) is 29.8 Å². The van der Waals surface area contributed by atoms with Crippen molar-refractivity contribution < 1.29 is 19.0 Å². The molecule has 0 aliphatic carbocycles. The van der Waals surface area contributed by atoms with E-state index >= 15 is 0 Å². The third-order valence-corrected chi connectivity index (χ3v) is 4.35. The van der Waals surface area contributed by atoms with Crippen molar-refractivity contribution in [1.82, 2.24) is 4.90 Å². The Morgan fingerprint density at radius 3 is 2.38 bits per heavy atom. The van der Waals surface area contributed by atoms with Crippen LogP contribution in [0.2, 0.25) is 0 Å². The number of rotatable bonds is 5. The Hall–Kier alpha value is -2.53. The highest BCUT2D eigenvalue weighted by atomic mass is 16.5. The van der Waals surface area contributed by atoms with E-state index in [2.05, 4.69) is 0 Å². The van der Waals surface area contributed by atoms with Crippen LogP contribution in [0.25, 0.3) is 0 Å². The predicted molar refractivity (Wildman–Crippen MR) is 99.7 cm³/mol. The Morgan fingerprint density at radius 2 is 1.73 bits per heavy atom. The Bertz CT molecular complexity index is 734. The van der Waals surface area contributed by atoms with Gasteiger partial charge in [0.2, 0.25) is 0 Å². The van der Waals surface area contributed by atoms with Gasteiger partial charge in [0, 0.05) is 24.7 Å². The summed E-state index contributed by atoms with van der Waals surface area (Å²) in [5.74, 6) is 1.56. The van der Waals surface area contributed by atoms with Crippen molar-refractivity contribution in [3.8, 4) is 11.5 Å². The first-order valence-electron chi connectivity index (χ1n) is 8.85. The van der Waals surface area contributed by atoms with Gasteiger partial charge >= 0.3 is 0 Å². The summed E-state index contributed by atoms with van der Waals surface area (Å²) in [6.45, 7) is 5.69. The maximum Gasteiger partial charge on any atom is 0.254 e. The molecule has 5 nitrogen and oxygen atoms in total. The van der Waals surface area contributed by atoms with Gasteiger partial charge in [-0.15, -0.1) is 0 Å². The van der Waals surface area contributed by atoms with E-state index in [1.54, 1.807) is 7.11 Å². The molecular weight excluding hydrogens is 330 g/mol. The van der Waals surface area contributed by atoms with Crippen molar-refractivity contribution in [2.75, 3.05) is 20.2 Å². The molecule has 2 aromatic rings. The number of methoxy groups -OCH3 is 1. The first kappa shape index (κ1) is 18.3. The summed E-state index contributed by atoms with van der Waals surface area (Å²) in [7, 11) is 1.63. The average Bonchev–Trinajstić information content (AvgIpc) is 2.65. The van der Waals surface area contributed by atoms with Gasteiger partial charge in [0.15, 0.2) is 0 Å². The van der Waals surface area contributed by atoms with E-state index in [9.17, 15) is 4.79 Å². The third kappa shape index (κ3) is 4.55. The molecule has 1 aliphatic heterocycles. The van der Waals surface area contributed by atoms with Crippen molar-refractivity contribution in [2.45, 2.75) is 32.7 Å². The lowest BCUT2D eigenvalue weighted by Crippen LogP contribution is -2.48. The Labute approximate surface area is 154 Å². The fourth-order valence-electron chi connectivity index (χ4n) is 3.13. The van der Waals surface area contributed by atoms with Crippen molar-refractivity contribution in [3.63, 3.8) is 0 Å². The van der Waals surface area contributed by atoms with Gasteiger partial charge in [-0.3, -0.25) is 4.79 Å². The highest BCUT2D eigenvalue weighted by Crippen LogP contribution is 2.20. The van der Waals surface area contributed by atoms with Crippen LogP contribution in [-0.2, 0) is 11.3 Å². The summed E-state index contributed by atoms with van der Waals surface area (Å²) in [5, 5.41) is 0. The first-order chi connectivity index (χ1) is 12.5. The number of amides is 1. The van der Waals surface area contributed by atoms with Crippen LogP contribution < -0.4 is 9.47 Å².